The molecule has 0 fully saturated rings. The van der Waals surface area contributed by atoms with Crippen molar-refractivity contribution < 1.29 is 29.1 Å². The van der Waals surface area contributed by atoms with Gasteiger partial charge in [0.15, 0.2) is 10.9 Å². The maximum absolute atomic E-state index is 13.2. The number of amides is 2. The van der Waals surface area contributed by atoms with Gasteiger partial charge >= 0.3 is 5.97 Å². The number of carboxylic acid groups (broad SMARTS) is 1. The topological polar surface area (TPSA) is 138 Å². The fourth-order valence-corrected chi connectivity index (χ4v) is 3.80. The van der Waals surface area contributed by atoms with Crippen LogP contribution in [-0.4, -0.2) is 62.6 Å². The van der Waals surface area contributed by atoms with Crippen LogP contribution in [0, 0.1) is 0 Å². The number of hydrazine groups is 1. The standard InChI is InChI=1S/C19H21N3O6S/c1-11(23)29-14(8-12-6-4-3-5-7-12)18(27)13-9-15(24)22(10-16(25)26)21(2)19(28)17(13)20/h3-7,14H,8-10,20H2,1-2H3,(H,25,26). The van der Waals surface area contributed by atoms with Gasteiger partial charge in [-0.3, -0.25) is 24.0 Å². The molecule has 2 rings (SSSR count). The van der Waals surface area contributed by atoms with Crippen LogP contribution in [-0.2, 0) is 30.4 Å². The van der Waals surface area contributed by atoms with Gasteiger partial charge in [-0.15, -0.1) is 0 Å². The Kier molecular flexibility index (Phi) is 7.16. The number of likely N-dealkylation sites (N-methyl/N-ethyl adjacent to an activating group) is 1. The van der Waals surface area contributed by atoms with E-state index >= 15 is 0 Å². The molecule has 0 radical (unpaired) electrons. The molecule has 0 saturated heterocycles. The third kappa shape index (κ3) is 5.44. The second-order valence-electron chi connectivity index (χ2n) is 6.39. The van der Waals surface area contributed by atoms with Gasteiger partial charge in [0.2, 0.25) is 5.91 Å². The van der Waals surface area contributed by atoms with Crippen molar-refractivity contribution in [2.75, 3.05) is 13.6 Å². The summed E-state index contributed by atoms with van der Waals surface area (Å²) in [7, 11) is 1.20. The number of nitrogens with zero attached hydrogens (tertiary/aromatic N) is 2. The summed E-state index contributed by atoms with van der Waals surface area (Å²) < 4.78 is 0. The fraction of sp³-hybridized carbons (Fsp3) is 0.316. The number of nitrogens with two attached hydrogens (primary N) is 1. The highest BCUT2D eigenvalue weighted by Crippen LogP contribution is 2.26. The molecule has 0 spiro atoms. The maximum atomic E-state index is 13.2. The molecule has 10 heteroatoms. The molecule has 0 aromatic heterocycles. The molecule has 0 bridgehead atoms. The van der Waals surface area contributed by atoms with E-state index in [1.54, 1.807) is 24.3 Å². The van der Waals surface area contributed by atoms with Gasteiger partial charge in [-0.05, 0) is 12.0 Å². The van der Waals surface area contributed by atoms with Gasteiger partial charge in [-0.2, -0.15) is 0 Å². The van der Waals surface area contributed by atoms with Crippen LogP contribution in [0.4, 0.5) is 0 Å². The van der Waals surface area contributed by atoms with E-state index < -0.39 is 47.5 Å². The molecule has 1 aromatic rings. The molecule has 1 atom stereocenters. The fourth-order valence-electron chi connectivity index (χ4n) is 2.87. The van der Waals surface area contributed by atoms with Crippen LogP contribution in [0.2, 0.25) is 0 Å². The third-order valence-corrected chi connectivity index (χ3v) is 5.27. The van der Waals surface area contributed by atoms with Gasteiger partial charge < -0.3 is 10.8 Å². The Morgan fingerprint density at radius 3 is 2.38 bits per heavy atom. The SMILES string of the molecule is CC(=O)SC(Cc1ccccc1)C(=O)C1=C(N)C(=O)N(C)N(CC(=O)O)C(=O)C1. The molecule has 154 valence electrons. The molecule has 3 N–H and O–H groups in total. The van der Waals surface area contributed by atoms with Gasteiger partial charge in [0.05, 0.1) is 11.7 Å². The molecule has 29 heavy (non-hydrogen) atoms. The quantitative estimate of drug-likeness (QED) is 0.646. The first-order chi connectivity index (χ1) is 13.6. The Morgan fingerprint density at radius 2 is 1.83 bits per heavy atom. The first-order valence-corrected chi connectivity index (χ1v) is 9.53. The number of hydrogen-bond acceptors (Lipinski definition) is 7. The predicted octanol–water partition coefficient (Wildman–Crippen LogP) is 0.350. The minimum Gasteiger partial charge on any atom is -0.480 e. The van der Waals surface area contributed by atoms with Crippen molar-refractivity contribution in [2.45, 2.75) is 25.0 Å². The number of carbonyl (C=O) groups excluding carboxylic acids is 4. The number of thioether (sulfide) groups is 1. The van der Waals surface area contributed by atoms with E-state index in [-0.39, 0.29) is 17.1 Å². The van der Waals surface area contributed by atoms with Crippen molar-refractivity contribution in [3.05, 3.63) is 47.2 Å². The van der Waals surface area contributed by atoms with Crippen molar-refractivity contribution >= 4 is 40.4 Å². The number of Topliss-reactive ketones (excluding diaryl/α,β-unsaturated/α-hetero) is 1. The van der Waals surface area contributed by atoms with Gasteiger partial charge in [0.25, 0.3) is 5.91 Å². The van der Waals surface area contributed by atoms with E-state index in [1.807, 2.05) is 6.07 Å². The predicted molar refractivity (Wildman–Crippen MR) is 105 cm³/mol. The van der Waals surface area contributed by atoms with Gasteiger partial charge in [0.1, 0.15) is 12.2 Å². The third-order valence-electron chi connectivity index (χ3n) is 4.27. The Morgan fingerprint density at radius 1 is 1.21 bits per heavy atom. The number of rotatable bonds is 7. The summed E-state index contributed by atoms with van der Waals surface area (Å²) in [5.41, 5.74) is 6.04. The highest BCUT2D eigenvalue weighted by Gasteiger charge is 2.37. The highest BCUT2D eigenvalue weighted by atomic mass is 32.2. The smallest absolute Gasteiger partial charge is 0.325 e. The van der Waals surface area contributed by atoms with Crippen LogP contribution >= 0.6 is 11.8 Å². The number of hydrogen-bond donors (Lipinski definition) is 2. The summed E-state index contributed by atoms with van der Waals surface area (Å²) in [4.78, 5) is 60.9. The Hall–Kier alpha value is -3.14. The largest absolute Gasteiger partial charge is 0.480 e. The monoisotopic (exact) mass is 419 g/mol. The van der Waals surface area contributed by atoms with E-state index in [1.165, 1.54) is 14.0 Å². The van der Waals surface area contributed by atoms with E-state index in [0.29, 0.717) is 0 Å². The average molecular weight is 419 g/mol. The minimum atomic E-state index is -1.32. The van der Waals surface area contributed by atoms with Crippen LogP contribution in [0.25, 0.3) is 0 Å². The second-order valence-corrected chi connectivity index (χ2v) is 7.77. The Balaban J connectivity index is 2.38. The summed E-state index contributed by atoms with van der Waals surface area (Å²) in [5.74, 6) is -3.52. The normalized spacial score (nSPS) is 15.9. The zero-order chi connectivity index (χ0) is 21.7. The van der Waals surface area contributed by atoms with Crippen LogP contribution < -0.4 is 5.73 Å². The zero-order valence-corrected chi connectivity index (χ0v) is 16.8. The molecule has 2 amide bonds. The van der Waals surface area contributed by atoms with E-state index in [2.05, 4.69) is 0 Å². The summed E-state index contributed by atoms with van der Waals surface area (Å²) in [6.07, 6.45) is -0.324. The van der Waals surface area contributed by atoms with Gasteiger partial charge in [-0.1, -0.05) is 42.1 Å². The lowest BCUT2D eigenvalue weighted by molar-refractivity contribution is -0.163. The number of ketones is 1. The summed E-state index contributed by atoms with van der Waals surface area (Å²) >= 11 is 0.798. The molecule has 1 heterocycles. The molecular weight excluding hydrogens is 398 g/mol. The van der Waals surface area contributed by atoms with Crippen LogP contribution in [0.1, 0.15) is 18.9 Å². The Labute approximate surface area is 171 Å². The van der Waals surface area contributed by atoms with Gasteiger partial charge in [0, 0.05) is 19.5 Å². The first kappa shape index (κ1) is 22.2. The Bertz CT molecular complexity index is 883. The average Bonchev–Trinajstić information content (AvgIpc) is 2.74. The summed E-state index contributed by atoms with van der Waals surface area (Å²) in [6.45, 7) is 0.574. The lowest BCUT2D eigenvalue weighted by atomic mass is 9.98. The lowest BCUT2D eigenvalue weighted by Crippen LogP contribution is -2.49. The van der Waals surface area contributed by atoms with E-state index in [0.717, 1.165) is 27.3 Å². The number of aliphatic carboxylic acids is 1. The van der Waals surface area contributed by atoms with Crippen LogP contribution in [0.15, 0.2) is 41.6 Å². The molecule has 1 aliphatic rings. The molecule has 0 aliphatic carbocycles. The molecule has 1 aromatic carbocycles. The van der Waals surface area contributed by atoms with E-state index in [4.69, 9.17) is 10.8 Å². The van der Waals surface area contributed by atoms with E-state index in [9.17, 15) is 24.0 Å². The molecular formula is C19H21N3O6S. The van der Waals surface area contributed by atoms with Crippen molar-refractivity contribution in [3.63, 3.8) is 0 Å². The lowest BCUT2D eigenvalue weighted by Gasteiger charge is -2.28. The van der Waals surface area contributed by atoms with Gasteiger partial charge in [-0.25, -0.2) is 10.0 Å². The minimum absolute atomic E-state index is 0.206. The van der Waals surface area contributed by atoms with Crippen molar-refractivity contribution in [2.24, 2.45) is 5.73 Å². The van der Waals surface area contributed by atoms with Crippen molar-refractivity contribution in [3.8, 4) is 0 Å². The summed E-state index contributed by atoms with van der Waals surface area (Å²) in [5, 5.41) is 9.33. The zero-order valence-electron chi connectivity index (χ0n) is 16.0. The highest BCUT2D eigenvalue weighted by molar-refractivity contribution is 8.14. The summed E-state index contributed by atoms with van der Waals surface area (Å²) in [6, 6.07) is 8.99. The molecule has 1 aliphatic heterocycles. The van der Waals surface area contributed by atoms with Crippen LogP contribution in [0.3, 0.4) is 0 Å². The molecule has 9 nitrogen and oxygen atoms in total. The number of benzene rings is 1. The number of carboxylic acids is 1. The van der Waals surface area contributed by atoms with Crippen molar-refractivity contribution in [1.82, 2.24) is 10.0 Å². The maximum Gasteiger partial charge on any atom is 0.325 e. The van der Waals surface area contributed by atoms with Crippen LogP contribution in [0.5, 0.6) is 0 Å². The second kappa shape index (κ2) is 9.37. The molecule has 0 saturated carbocycles. The van der Waals surface area contributed by atoms with Crippen molar-refractivity contribution in [1.29, 1.82) is 0 Å². The number of carbonyl (C=O) groups is 5. The first-order valence-electron chi connectivity index (χ1n) is 8.66. The molecule has 1 unspecified atom stereocenters.